The van der Waals surface area contributed by atoms with E-state index in [1.807, 2.05) is 0 Å². The fourth-order valence-electron chi connectivity index (χ4n) is 1.21. The highest BCUT2D eigenvalue weighted by molar-refractivity contribution is 5.16. The predicted octanol–water partition coefficient (Wildman–Crippen LogP) is 1.05. The Morgan fingerprint density at radius 1 is 1.44 bits per heavy atom. The topological polar surface area (TPSA) is 9.23 Å². The summed E-state index contributed by atoms with van der Waals surface area (Å²) in [5, 5.41) is 0. The smallest absolute Gasteiger partial charge is 0.0516 e. The third-order valence-corrected chi connectivity index (χ3v) is 1.98. The highest BCUT2D eigenvalue weighted by Crippen LogP contribution is 2.24. The van der Waals surface area contributed by atoms with Gasteiger partial charge in [-0.1, -0.05) is 5.92 Å². The first-order valence-electron chi connectivity index (χ1n) is 3.51. The van der Waals surface area contributed by atoms with Gasteiger partial charge in [0.2, 0.25) is 0 Å². The zero-order valence-corrected chi connectivity index (χ0v) is 5.39. The molecule has 0 aromatic rings. The van der Waals surface area contributed by atoms with Crippen LogP contribution in [0, 0.1) is 23.7 Å². The van der Waals surface area contributed by atoms with E-state index < -0.39 is 0 Å². The summed E-state index contributed by atoms with van der Waals surface area (Å²) in [5.41, 5.74) is 0. The van der Waals surface area contributed by atoms with Crippen LogP contribution >= 0.6 is 0 Å². The van der Waals surface area contributed by atoms with Crippen molar-refractivity contribution < 1.29 is 4.74 Å². The molecule has 0 aromatic heterocycles. The van der Waals surface area contributed by atoms with E-state index in [-0.39, 0.29) is 0 Å². The summed E-state index contributed by atoms with van der Waals surface area (Å²) in [5.74, 6) is 7.72. The maximum Gasteiger partial charge on any atom is 0.0516 e. The molecule has 2 aliphatic rings. The van der Waals surface area contributed by atoms with Crippen molar-refractivity contribution in [2.45, 2.75) is 12.8 Å². The molecule has 0 radical (unpaired) electrons. The van der Waals surface area contributed by atoms with Crippen molar-refractivity contribution in [1.29, 1.82) is 0 Å². The van der Waals surface area contributed by atoms with Gasteiger partial charge < -0.3 is 4.74 Å². The molecule has 0 bridgehead atoms. The Kier molecular flexibility index (Phi) is 1.20. The molecule has 1 nitrogen and oxygen atoms in total. The van der Waals surface area contributed by atoms with Crippen LogP contribution in [0.1, 0.15) is 12.8 Å². The van der Waals surface area contributed by atoms with Crippen LogP contribution in [0.4, 0.5) is 0 Å². The molecule has 0 saturated carbocycles. The van der Waals surface area contributed by atoms with Crippen molar-refractivity contribution in [2.75, 3.05) is 13.2 Å². The standard InChI is InChI=1S/C8H10O/c1-2-7(3-1)4-8-5-9-6-8/h7-8H,2,4-6H2. The number of rotatable bonds is 2. The molecule has 1 heterocycles. The molecule has 1 aliphatic heterocycles. The number of hydrogen-bond acceptors (Lipinski definition) is 1. The van der Waals surface area contributed by atoms with E-state index in [1.165, 1.54) is 6.42 Å². The third kappa shape index (κ3) is 0.951. The predicted molar refractivity (Wildman–Crippen MR) is 34.8 cm³/mol. The van der Waals surface area contributed by atoms with E-state index in [9.17, 15) is 0 Å². The fraction of sp³-hybridized carbons (Fsp3) is 0.750. The first-order chi connectivity index (χ1) is 4.45. The molecule has 48 valence electrons. The second-order valence-electron chi connectivity index (χ2n) is 2.86. The fourth-order valence-corrected chi connectivity index (χ4v) is 1.21. The maximum atomic E-state index is 5.06. The zero-order chi connectivity index (χ0) is 6.10. The Morgan fingerprint density at radius 2 is 2.22 bits per heavy atom. The van der Waals surface area contributed by atoms with E-state index in [2.05, 4.69) is 11.8 Å². The largest absolute Gasteiger partial charge is 0.381 e. The molecular weight excluding hydrogens is 112 g/mol. The molecule has 1 atom stereocenters. The first-order valence-corrected chi connectivity index (χ1v) is 3.51. The second kappa shape index (κ2) is 2.04. The van der Waals surface area contributed by atoms with Crippen molar-refractivity contribution in [3.63, 3.8) is 0 Å². The molecule has 1 heteroatoms. The van der Waals surface area contributed by atoms with Gasteiger partial charge >= 0.3 is 0 Å². The summed E-state index contributed by atoms with van der Waals surface area (Å²) in [6, 6.07) is 0. The third-order valence-electron chi connectivity index (χ3n) is 1.98. The van der Waals surface area contributed by atoms with Crippen molar-refractivity contribution in [1.82, 2.24) is 0 Å². The zero-order valence-electron chi connectivity index (χ0n) is 5.39. The van der Waals surface area contributed by atoms with Gasteiger partial charge in [0.15, 0.2) is 0 Å². The van der Waals surface area contributed by atoms with Crippen LogP contribution in [-0.4, -0.2) is 13.2 Å². The average molecular weight is 122 g/mol. The number of hydrogen-bond donors (Lipinski definition) is 0. The summed E-state index contributed by atoms with van der Waals surface area (Å²) in [4.78, 5) is 0. The van der Waals surface area contributed by atoms with Gasteiger partial charge in [-0.15, -0.1) is 5.92 Å². The Bertz CT molecular complexity index is 159. The van der Waals surface area contributed by atoms with Crippen molar-refractivity contribution in [3.8, 4) is 11.8 Å². The molecule has 1 saturated heterocycles. The summed E-state index contributed by atoms with van der Waals surface area (Å²) >= 11 is 0. The first kappa shape index (κ1) is 5.32. The van der Waals surface area contributed by atoms with Crippen LogP contribution in [0.2, 0.25) is 0 Å². The van der Waals surface area contributed by atoms with E-state index >= 15 is 0 Å². The molecule has 1 unspecified atom stereocenters. The van der Waals surface area contributed by atoms with Crippen LogP contribution in [0.25, 0.3) is 0 Å². The minimum Gasteiger partial charge on any atom is -0.381 e. The minimum atomic E-state index is 0.721. The Balaban J connectivity index is 1.73. The Morgan fingerprint density at radius 3 is 2.56 bits per heavy atom. The lowest BCUT2D eigenvalue weighted by Gasteiger charge is -2.28. The molecule has 0 spiro atoms. The van der Waals surface area contributed by atoms with Crippen molar-refractivity contribution in [3.05, 3.63) is 0 Å². The molecule has 0 amide bonds. The van der Waals surface area contributed by atoms with E-state index in [4.69, 9.17) is 4.74 Å². The molecular formula is C8H10O. The summed E-state index contributed by atoms with van der Waals surface area (Å²) < 4.78 is 5.06. The van der Waals surface area contributed by atoms with Crippen molar-refractivity contribution in [2.24, 2.45) is 11.8 Å². The summed E-state index contributed by atoms with van der Waals surface area (Å²) in [7, 11) is 0. The van der Waals surface area contributed by atoms with Gasteiger partial charge in [-0.3, -0.25) is 0 Å². The highest BCUT2D eigenvalue weighted by atomic mass is 16.5. The van der Waals surface area contributed by atoms with Crippen LogP contribution in [0.15, 0.2) is 0 Å². The molecule has 9 heavy (non-hydrogen) atoms. The van der Waals surface area contributed by atoms with E-state index in [0.717, 1.165) is 31.5 Å². The van der Waals surface area contributed by atoms with Gasteiger partial charge in [-0.2, -0.15) is 0 Å². The molecule has 0 N–H and O–H groups in total. The Hall–Kier alpha value is -0.480. The van der Waals surface area contributed by atoms with Gasteiger partial charge in [0, 0.05) is 18.3 Å². The lowest BCUT2D eigenvalue weighted by Crippen LogP contribution is -2.29. The summed E-state index contributed by atoms with van der Waals surface area (Å²) in [6.07, 6.45) is 2.42. The lowest BCUT2D eigenvalue weighted by atomic mass is 9.87. The van der Waals surface area contributed by atoms with E-state index in [0.29, 0.717) is 0 Å². The van der Waals surface area contributed by atoms with Gasteiger partial charge in [0.1, 0.15) is 0 Å². The van der Waals surface area contributed by atoms with Gasteiger partial charge in [0.05, 0.1) is 13.2 Å². The minimum absolute atomic E-state index is 0.721. The van der Waals surface area contributed by atoms with Gasteiger partial charge in [-0.05, 0) is 6.42 Å². The highest BCUT2D eigenvalue weighted by Gasteiger charge is 2.23. The quantitative estimate of drug-likeness (QED) is 0.497. The van der Waals surface area contributed by atoms with Gasteiger partial charge in [-0.25, -0.2) is 0 Å². The second-order valence-corrected chi connectivity index (χ2v) is 2.86. The van der Waals surface area contributed by atoms with Crippen LogP contribution < -0.4 is 0 Å². The molecule has 2 rings (SSSR count). The normalized spacial score (nSPS) is 31.8. The average Bonchev–Trinajstić information content (AvgIpc) is 1.57. The molecule has 0 aromatic carbocycles. The van der Waals surface area contributed by atoms with Crippen LogP contribution in [0.3, 0.4) is 0 Å². The maximum absolute atomic E-state index is 5.06. The SMILES string of the molecule is C1#CC(CC2COC2)C1. The summed E-state index contributed by atoms with van der Waals surface area (Å²) in [6.45, 7) is 1.97. The molecule has 1 aliphatic carbocycles. The van der Waals surface area contributed by atoms with Gasteiger partial charge in [0.25, 0.3) is 0 Å². The van der Waals surface area contributed by atoms with E-state index in [1.54, 1.807) is 0 Å². The van der Waals surface area contributed by atoms with Crippen LogP contribution in [-0.2, 0) is 4.74 Å². The van der Waals surface area contributed by atoms with Crippen LogP contribution in [0.5, 0.6) is 0 Å². The van der Waals surface area contributed by atoms with Crippen molar-refractivity contribution >= 4 is 0 Å². The monoisotopic (exact) mass is 122 g/mol. The lowest BCUT2D eigenvalue weighted by molar-refractivity contribution is -0.0398. The molecule has 1 fully saturated rings. The Labute approximate surface area is 55.4 Å². The number of ether oxygens (including phenoxy) is 1.